The average Bonchev–Trinajstić information content (AvgIpc) is 2.77. The molecule has 0 saturated heterocycles. The first kappa shape index (κ1) is 22.3. The molecule has 174 valence electrons. The standard InChI is InChI=1S/C28H26FNO4/c1-15-13-17-5-6-18(29)14-20(17)24(22(15)26(27(31)32)34-28(2,3)4)19-7-8-21-23-16(10-12-33-21)9-11-30-25(19)23/h5-9,11,13-14,26H,10,12H2,1-4H3,(H,31,32)/t26-/m0/s1. The third-order valence-electron chi connectivity index (χ3n) is 6.15. The minimum atomic E-state index is -1.25. The molecule has 4 aromatic rings. The monoisotopic (exact) mass is 459 g/mol. The van der Waals surface area contributed by atoms with Crippen LogP contribution in [0.3, 0.4) is 0 Å². The van der Waals surface area contributed by atoms with Crippen molar-refractivity contribution in [1.29, 1.82) is 0 Å². The number of carboxylic acids is 1. The lowest BCUT2D eigenvalue weighted by molar-refractivity contribution is -0.160. The summed E-state index contributed by atoms with van der Waals surface area (Å²) in [5, 5.41) is 12.6. The molecule has 0 spiro atoms. The summed E-state index contributed by atoms with van der Waals surface area (Å²) in [5.41, 5.74) is 3.71. The lowest BCUT2D eigenvalue weighted by Crippen LogP contribution is -2.28. The van der Waals surface area contributed by atoms with Gasteiger partial charge in [0.15, 0.2) is 6.10 Å². The Kier molecular flexibility index (Phi) is 5.29. The van der Waals surface area contributed by atoms with Crippen molar-refractivity contribution >= 4 is 27.6 Å². The summed E-state index contributed by atoms with van der Waals surface area (Å²) in [6.07, 6.45) is 1.27. The smallest absolute Gasteiger partial charge is 0.337 e. The number of benzene rings is 3. The molecule has 34 heavy (non-hydrogen) atoms. The maximum Gasteiger partial charge on any atom is 0.337 e. The third kappa shape index (κ3) is 3.78. The van der Waals surface area contributed by atoms with Crippen LogP contribution in [0.25, 0.3) is 32.8 Å². The number of carbonyl (C=O) groups is 1. The fraction of sp³-hybridized carbons (Fsp3) is 0.286. The van der Waals surface area contributed by atoms with E-state index in [-0.39, 0.29) is 0 Å². The van der Waals surface area contributed by atoms with Crippen LogP contribution in [0.5, 0.6) is 5.75 Å². The molecule has 0 bridgehead atoms. The van der Waals surface area contributed by atoms with Gasteiger partial charge in [-0.15, -0.1) is 0 Å². The van der Waals surface area contributed by atoms with Crippen molar-refractivity contribution in [2.24, 2.45) is 0 Å². The van der Waals surface area contributed by atoms with Gasteiger partial charge in [0.05, 0.1) is 17.7 Å². The number of carboxylic acid groups (broad SMARTS) is 1. The van der Waals surface area contributed by atoms with Crippen molar-refractivity contribution in [3.63, 3.8) is 0 Å². The predicted octanol–water partition coefficient (Wildman–Crippen LogP) is 6.38. The SMILES string of the molecule is Cc1cc2ccc(F)cc2c(-c2ccc3c4c(ccnc24)CCO3)c1[C@H](OC(C)(C)C)C(=O)O. The number of halogens is 1. The predicted molar refractivity (Wildman–Crippen MR) is 130 cm³/mol. The number of aliphatic carboxylic acids is 1. The molecule has 5 rings (SSSR count). The Morgan fingerprint density at radius 2 is 1.97 bits per heavy atom. The van der Waals surface area contributed by atoms with Gasteiger partial charge in [0.25, 0.3) is 0 Å². The van der Waals surface area contributed by atoms with E-state index in [9.17, 15) is 14.3 Å². The molecule has 1 aromatic heterocycles. The zero-order valence-corrected chi connectivity index (χ0v) is 19.6. The maximum absolute atomic E-state index is 14.5. The molecule has 1 atom stereocenters. The number of aromatic nitrogens is 1. The molecule has 1 N–H and O–H groups in total. The first-order valence-corrected chi connectivity index (χ1v) is 11.3. The van der Waals surface area contributed by atoms with E-state index in [0.717, 1.165) is 39.6 Å². The molecule has 5 nitrogen and oxygen atoms in total. The molecule has 0 unspecified atom stereocenters. The van der Waals surface area contributed by atoms with Crippen LogP contribution in [-0.4, -0.2) is 28.3 Å². The molecule has 1 aliphatic rings. The lowest BCUT2D eigenvalue weighted by atomic mass is 9.85. The van der Waals surface area contributed by atoms with Gasteiger partial charge in [-0.2, -0.15) is 0 Å². The number of hydrogen-bond donors (Lipinski definition) is 1. The normalized spacial score (nSPS) is 14.3. The molecule has 3 aromatic carbocycles. The van der Waals surface area contributed by atoms with E-state index in [1.807, 2.05) is 52.0 Å². The average molecular weight is 460 g/mol. The largest absolute Gasteiger partial charge is 0.493 e. The summed E-state index contributed by atoms with van der Waals surface area (Å²) >= 11 is 0. The molecule has 0 aliphatic carbocycles. The topological polar surface area (TPSA) is 68.7 Å². The second-order valence-corrected chi connectivity index (χ2v) is 9.70. The molecule has 0 amide bonds. The summed E-state index contributed by atoms with van der Waals surface area (Å²) in [5.74, 6) is -0.751. The van der Waals surface area contributed by atoms with Crippen LogP contribution < -0.4 is 4.74 Å². The van der Waals surface area contributed by atoms with Crippen molar-refractivity contribution in [3.8, 4) is 16.9 Å². The summed E-state index contributed by atoms with van der Waals surface area (Å²) in [6.45, 7) is 7.92. The summed E-state index contributed by atoms with van der Waals surface area (Å²) in [4.78, 5) is 17.2. The van der Waals surface area contributed by atoms with Crippen LogP contribution in [0.4, 0.5) is 4.39 Å². The Morgan fingerprint density at radius 3 is 2.71 bits per heavy atom. The van der Waals surface area contributed by atoms with Gasteiger partial charge in [-0.3, -0.25) is 4.98 Å². The second-order valence-electron chi connectivity index (χ2n) is 9.70. The highest BCUT2D eigenvalue weighted by Crippen LogP contribution is 2.45. The highest BCUT2D eigenvalue weighted by atomic mass is 19.1. The van der Waals surface area contributed by atoms with Gasteiger partial charge >= 0.3 is 5.97 Å². The Morgan fingerprint density at radius 1 is 1.18 bits per heavy atom. The van der Waals surface area contributed by atoms with E-state index in [0.29, 0.717) is 28.6 Å². The van der Waals surface area contributed by atoms with E-state index in [1.165, 1.54) is 12.1 Å². The van der Waals surface area contributed by atoms with E-state index >= 15 is 0 Å². The van der Waals surface area contributed by atoms with Crippen LogP contribution in [0.15, 0.2) is 48.7 Å². The van der Waals surface area contributed by atoms with Gasteiger partial charge in [0.1, 0.15) is 11.6 Å². The van der Waals surface area contributed by atoms with Gasteiger partial charge in [0, 0.05) is 29.1 Å². The molecule has 2 heterocycles. The molecule has 0 radical (unpaired) electrons. The second kappa shape index (κ2) is 8.06. The number of ether oxygens (including phenoxy) is 2. The van der Waals surface area contributed by atoms with E-state index < -0.39 is 23.5 Å². The molecule has 0 saturated carbocycles. The Hall–Kier alpha value is -3.51. The van der Waals surface area contributed by atoms with E-state index in [1.54, 1.807) is 12.3 Å². The van der Waals surface area contributed by atoms with E-state index in [2.05, 4.69) is 4.98 Å². The molecular formula is C28H26FNO4. The van der Waals surface area contributed by atoms with Crippen LogP contribution in [0.2, 0.25) is 0 Å². The minimum absolute atomic E-state index is 0.397. The number of pyridine rings is 1. The first-order chi connectivity index (χ1) is 16.1. The quantitative estimate of drug-likeness (QED) is 0.384. The summed E-state index contributed by atoms with van der Waals surface area (Å²) in [6, 6.07) is 12.2. The van der Waals surface area contributed by atoms with Crippen LogP contribution in [0.1, 0.15) is 43.6 Å². The van der Waals surface area contributed by atoms with Gasteiger partial charge in [-0.1, -0.05) is 12.1 Å². The minimum Gasteiger partial charge on any atom is -0.493 e. The van der Waals surface area contributed by atoms with Crippen LogP contribution in [-0.2, 0) is 16.0 Å². The van der Waals surface area contributed by atoms with Crippen LogP contribution in [0, 0.1) is 12.7 Å². The Labute approximate surface area is 197 Å². The van der Waals surface area contributed by atoms with Crippen molar-refractivity contribution in [3.05, 3.63) is 71.2 Å². The Bertz CT molecular complexity index is 1440. The number of hydrogen-bond acceptors (Lipinski definition) is 4. The highest BCUT2D eigenvalue weighted by molar-refractivity contribution is 6.08. The lowest BCUT2D eigenvalue weighted by Gasteiger charge is -2.29. The Balaban J connectivity index is 1.92. The van der Waals surface area contributed by atoms with Gasteiger partial charge in [-0.05, 0) is 85.5 Å². The molecule has 1 aliphatic heterocycles. The first-order valence-electron chi connectivity index (χ1n) is 11.3. The highest BCUT2D eigenvalue weighted by Gasteiger charge is 2.32. The number of nitrogens with zero attached hydrogens (tertiary/aromatic N) is 1. The zero-order valence-electron chi connectivity index (χ0n) is 19.6. The van der Waals surface area contributed by atoms with E-state index in [4.69, 9.17) is 9.47 Å². The molecular weight excluding hydrogens is 433 g/mol. The fourth-order valence-corrected chi connectivity index (χ4v) is 4.84. The molecule has 6 heteroatoms. The maximum atomic E-state index is 14.5. The number of fused-ring (bicyclic) bond motifs is 1. The number of rotatable bonds is 4. The zero-order chi connectivity index (χ0) is 24.2. The van der Waals surface area contributed by atoms with Crippen LogP contribution >= 0.6 is 0 Å². The van der Waals surface area contributed by atoms with Crippen molar-refractivity contribution in [2.75, 3.05) is 6.61 Å². The fourth-order valence-electron chi connectivity index (χ4n) is 4.84. The summed E-state index contributed by atoms with van der Waals surface area (Å²) in [7, 11) is 0. The van der Waals surface area contributed by atoms with Gasteiger partial charge < -0.3 is 14.6 Å². The molecule has 0 fully saturated rings. The van der Waals surface area contributed by atoms with Crippen molar-refractivity contribution in [2.45, 2.75) is 45.8 Å². The van der Waals surface area contributed by atoms with Gasteiger partial charge in [-0.25, -0.2) is 9.18 Å². The van der Waals surface area contributed by atoms with Crippen molar-refractivity contribution in [1.82, 2.24) is 4.98 Å². The van der Waals surface area contributed by atoms with Gasteiger partial charge in [0.2, 0.25) is 0 Å². The summed E-state index contributed by atoms with van der Waals surface area (Å²) < 4.78 is 26.5. The van der Waals surface area contributed by atoms with Crippen molar-refractivity contribution < 1.29 is 23.8 Å². The third-order valence-corrected chi connectivity index (χ3v) is 6.15. The number of aryl methyl sites for hydroxylation is 1.